The van der Waals surface area contributed by atoms with Crippen LogP contribution in [0.25, 0.3) is 55.2 Å². The van der Waals surface area contributed by atoms with Crippen molar-refractivity contribution in [2.75, 3.05) is 9.80 Å². The highest BCUT2D eigenvalue weighted by Crippen LogP contribution is 2.41. The summed E-state index contributed by atoms with van der Waals surface area (Å²) in [4.78, 5) is 9.64. The molecule has 0 spiro atoms. The Kier molecular flexibility index (Phi) is 8.12. The quantitative estimate of drug-likeness (QED) is 0.147. The van der Waals surface area contributed by atoms with Crippen molar-refractivity contribution in [3.8, 4) is 22.6 Å². The van der Waals surface area contributed by atoms with Crippen molar-refractivity contribution in [1.29, 1.82) is 0 Å². The summed E-state index contributed by atoms with van der Waals surface area (Å²) in [6.07, 6.45) is 0. The van der Waals surface area contributed by atoms with Gasteiger partial charge in [-0.3, -0.25) is 0 Å². The Morgan fingerprint density at radius 2 is 0.636 bits per heavy atom. The number of hydrogen-bond acceptors (Lipinski definition) is 4. The Hall–Kier alpha value is -7.43. The van der Waals surface area contributed by atoms with Crippen molar-refractivity contribution in [3.63, 3.8) is 0 Å². The van der Waals surface area contributed by atoms with Crippen molar-refractivity contribution >= 4 is 66.8 Å². The van der Waals surface area contributed by atoms with Crippen LogP contribution in [0.1, 0.15) is 0 Å². The summed E-state index contributed by atoms with van der Waals surface area (Å²) >= 11 is 0. The van der Waals surface area contributed by atoms with Gasteiger partial charge in [0.2, 0.25) is 5.89 Å². The third kappa shape index (κ3) is 5.96. The highest BCUT2D eigenvalue weighted by Gasteiger charge is 2.19. The number of oxazole rings is 1. The number of rotatable bonds is 8. The molecular weight excluding hydrogens is 671 g/mol. The van der Waals surface area contributed by atoms with Crippen LogP contribution in [0, 0.1) is 0 Å². The summed E-state index contributed by atoms with van der Waals surface area (Å²) in [6.45, 7) is 0. The van der Waals surface area contributed by atoms with Crippen LogP contribution in [0.4, 0.5) is 34.1 Å². The Labute approximate surface area is 319 Å². The fraction of sp³-hybridized carbons (Fsp3) is 0. The molecule has 4 heteroatoms. The van der Waals surface area contributed by atoms with E-state index in [4.69, 9.17) is 9.40 Å². The van der Waals surface area contributed by atoms with Crippen molar-refractivity contribution in [1.82, 2.24) is 4.98 Å². The number of anilines is 6. The number of hydrogen-bond donors (Lipinski definition) is 0. The molecule has 55 heavy (non-hydrogen) atoms. The van der Waals surface area contributed by atoms with E-state index in [-0.39, 0.29) is 0 Å². The molecule has 10 rings (SSSR count). The van der Waals surface area contributed by atoms with Gasteiger partial charge in [0, 0.05) is 50.5 Å². The Balaban J connectivity index is 1.01. The molecular formula is C51H35N3O. The highest BCUT2D eigenvalue weighted by molar-refractivity contribution is 6.22. The second-order valence-electron chi connectivity index (χ2n) is 13.6. The van der Waals surface area contributed by atoms with Crippen LogP contribution in [-0.4, -0.2) is 4.98 Å². The Bertz CT molecular complexity index is 2810. The summed E-state index contributed by atoms with van der Waals surface area (Å²) in [7, 11) is 0. The summed E-state index contributed by atoms with van der Waals surface area (Å²) in [6, 6.07) is 74.4. The van der Waals surface area contributed by atoms with E-state index in [0.29, 0.717) is 5.89 Å². The Morgan fingerprint density at radius 3 is 1.15 bits per heavy atom. The first-order chi connectivity index (χ1) is 27.3. The third-order valence-electron chi connectivity index (χ3n) is 10.3. The first-order valence-electron chi connectivity index (χ1n) is 18.5. The Morgan fingerprint density at radius 1 is 0.291 bits per heavy atom. The molecule has 0 saturated carbocycles. The monoisotopic (exact) mass is 705 g/mol. The van der Waals surface area contributed by atoms with Gasteiger partial charge < -0.3 is 14.2 Å². The van der Waals surface area contributed by atoms with E-state index in [0.717, 1.165) is 61.6 Å². The van der Waals surface area contributed by atoms with Crippen molar-refractivity contribution in [3.05, 3.63) is 212 Å². The third-order valence-corrected chi connectivity index (χ3v) is 10.3. The minimum Gasteiger partial charge on any atom is -0.435 e. The van der Waals surface area contributed by atoms with Gasteiger partial charge in [-0.25, -0.2) is 4.98 Å². The fourth-order valence-electron chi connectivity index (χ4n) is 7.64. The normalized spacial score (nSPS) is 11.3. The molecule has 0 aliphatic heterocycles. The molecule has 0 atom stereocenters. The number of aromatic nitrogens is 1. The molecule has 0 amide bonds. The first kappa shape index (κ1) is 32.2. The van der Waals surface area contributed by atoms with E-state index in [1.54, 1.807) is 0 Å². The second kappa shape index (κ2) is 13.8. The summed E-state index contributed by atoms with van der Waals surface area (Å²) < 4.78 is 6.55. The van der Waals surface area contributed by atoms with Gasteiger partial charge in [0.1, 0.15) is 5.52 Å². The highest BCUT2D eigenvalue weighted by atomic mass is 16.3. The maximum Gasteiger partial charge on any atom is 0.227 e. The average molecular weight is 706 g/mol. The van der Waals surface area contributed by atoms with Crippen LogP contribution in [0.5, 0.6) is 0 Å². The lowest BCUT2D eigenvalue weighted by molar-refractivity contribution is 0.623. The fourth-order valence-corrected chi connectivity index (χ4v) is 7.64. The standard InChI is InChI=1S/C51H35N3O/c1-4-14-36(15-5-1)37-24-28-41(29-25-37)53(39-16-6-2-7-17-39)43-32-34-44(35-33-43)54(40-18-8-3-9-19-40)42-30-26-38(27-31-42)51-52-49-47-22-12-10-20-45(47)46-21-11-13-23-48(46)50(49)55-51/h1-35H. The van der Waals surface area contributed by atoms with Gasteiger partial charge in [0.25, 0.3) is 0 Å². The van der Waals surface area contributed by atoms with Crippen LogP contribution in [0.15, 0.2) is 217 Å². The van der Waals surface area contributed by atoms with Gasteiger partial charge in [-0.2, -0.15) is 0 Å². The number of fused-ring (bicyclic) bond motifs is 6. The first-order valence-corrected chi connectivity index (χ1v) is 18.5. The van der Waals surface area contributed by atoms with E-state index in [1.165, 1.54) is 21.9 Å². The zero-order chi connectivity index (χ0) is 36.6. The van der Waals surface area contributed by atoms with Gasteiger partial charge in [0.15, 0.2) is 5.58 Å². The van der Waals surface area contributed by atoms with Crippen LogP contribution in [0.3, 0.4) is 0 Å². The van der Waals surface area contributed by atoms with E-state index in [9.17, 15) is 0 Å². The summed E-state index contributed by atoms with van der Waals surface area (Å²) in [5, 5.41) is 4.51. The molecule has 9 aromatic carbocycles. The van der Waals surface area contributed by atoms with Gasteiger partial charge in [-0.1, -0.05) is 127 Å². The van der Waals surface area contributed by atoms with E-state index < -0.39 is 0 Å². The van der Waals surface area contributed by atoms with Crippen LogP contribution < -0.4 is 9.80 Å². The molecule has 10 aromatic rings. The van der Waals surface area contributed by atoms with Gasteiger partial charge in [0.05, 0.1) is 0 Å². The number of para-hydroxylation sites is 2. The molecule has 1 heterocycles. The molecule has 0 radical (unpaired) electrons. The molecule has 0 unspecified atom stereocenters. The largest absolute Gasteiger partial charge is 0.435 e. The lowest BCUT2D eigenvalue weighted by atomic mass is 10.0. The number of nitrogens with zero attached hydrogens (tertiary/aromatic N) is 3. The molecule has 0 N–H and O–H groups in total. The minimum absolute atomic E-state index is 0.608. The smallest absolute Gasteiger partial charge is 0.227 e. The van der Waals surface area contributed by atoms with E-state index in [2.05, 4.69) is 222 Å². The predicted octanol–water partition coefficient (Wildman–Crippen LogP) is 14.4. The molecule has 0 aliphatic carbocycles. The van der Waals surface area contributed by atoms with Crippen molar-refractivity contribution in [2.24, 2.45) is 0 Å². The molecule has 0 saturated heterocycles. The van der Waals surface area contributed by atoms with Gasteiger partial charge in [-0.05, 0) is 107 Å². The number of benzene rings is 9. The van der Waals surface area contributed by atoms with Crippen LogP contribution in [0.2, 0.25) is 0 Å². The molecule has 0 bridgehead atoms. The van der Waals surface area contributed by atoms with E-state index >= 15 is 0 Å². The minimum atomic E-state index is 0.608. The second-order valence-corrected chi connectivity index (χ2v) is 13.6. The SMILES string of the molecule is c1ccc(-c2ccc(N(c3ccccc3)c3ccc(N(c4ccccc4)c4ccc(-c5nc6c7ccccc7c7ccccc7c6o5)cc4)cc3)cc2)cc1. The topological polar surface area (TPSA) is 32.5 Å². The molecule has 0 aliphatic rings. The molecule has 1 aromatic heterocycles. The van der Waals surface area contributed by atoms with Crippen molar-refractivity contribution < 1.29 is 4.42 Å². The average Bonchev–Trinajstić information content (AvgIpc) is 3.73. The molecule has 260 valence electrons. The zero-order valence-electron chi connectivity index (χ0n) is 30.0. The maximum atomic E-state index is 6.55. The lowest BCUT2D eigenvalue weighted by Crippen LogP contribution is -2.12. The van der Waals surface area contributed by atoms with Gasteiger partial charge in [-0.15, -0.1) is 0 Å². The van der Waals surface area contributed by atoms with Crippen LogP contribution in [-0.2, 0) is 0 Å². The molecule has 0 fully saturated rings. The summed E-state index contributed by atoms with van der Waals surface area (Å²) in [5.41, 5.74) is 11.4. The zero-order valence-corrected chi connectivity index (χ0v) is 30.0. The maximum absolute atomic E-state index is 6.55. The predicted molar refractivity (Wildman–Crippen MR) is 229 cm³/mol. The molecule has 4 nitrogen and oxygen atoms in total. The van der Waals surface area contributed by atoms with Crippen LogP contribution >= 0.6 is 0 Å². The summed E-state index contributed by atoms with van der Waals surface area (Å²) in [5.74, 6) is 0.608. The lowest BCUT2D eigenvalue weighted by Gasteiger charge is -2.28. The van der Waals surface area contributed by atoms with Crippen molar-refractivity contribution in [2.45, 2.75) is 0 Å². The van der Waals surface area contributed by atoms with E-state index in [1.807, 2.05) is 0 Å². The van der Waals surface area contributed by atoms with Gasteiger partial charge >= 0.3 is 0 Å².